The van der Waals surface area contributed by atoms with Gasteiger partial charge in [-0.05, 0) is 61.0 Å². The molecule has 182 valence electrons. The van der Waals surface area contributed by atoms with Gasteiger partial charge < -0.3 is 9.15 Å². The number of carbonyl (C=O) groups excluding carboxylic acids is 1. The van der Waals surface area contributed by atoms with Gasteiger partial charge >= 0.3 is 5.63 Å². The molecule has 0 fully saturated rings. The van der Waals surface area contributed by atoms with E-state index in [0.717, 1.165) is 21.2 Å². The van der Waals surface area contributed by atoms with Crippen LogP contribution in [0.1, 0.15) is 5.56 Å². The maximum atomic E-state index is 13.4. The minimum absolute atomic E-state index is 0.328. The molecule has 0 saturated carbocycles. The Hall–Kier alpha value is -3.76. The van der Waals surface area contributed by atoms with Gasteiger partial charge in [-0.1, -0.05) is 35.2 Å². The fourth-order valence-corrected chi connectivity index (χ4v) is 5.20. The molecule has 1 amide bonds. The topological polar surface area (TPSA) is 72.6 Å². The minimum atomic E-state index is -2.54. The van der Waals surface area contributed by atoms with Crippen LogP contribution in [0.2, 0.25) is 0 Å². The lowest BCUT2D eigenvalue weighted by Crippen LogP contribution is -2.30. The summed E-state index contributed by atoms with van der Waals surface area (Å²) in [5.74, 6) is -2.59. The van der Waals surface area contributed by atoms with Gasteiger partial charge in [-0.2, -0.15) is 8.78 Å². The predicted molar refractivity (Wildman–Crippen MR) is 138 cm³/mol. The number of anilines is 2. The number of ether oxygens (including phenoxy) is 1. The zero-order chi connectivity index (χ0) is 25.2. The van der Waals surface area contributed by atoms with Crippen LogP contribution >= 0.6 is 23.1 Å². The highest BCUT2D eigenvalue weighted by molar-refractivity contribution is 7.99. The molecule has 2 aromatic heterocycles. The standard InChI is InChI=1S/C26H18F2N2O4S2/c1-15-12-24(32)34-21-13-17(8-11-19(15)21)33-14-23(31)30(16-6-9-18(10-7-16)35-25(27)28)26-29-20-4-2-3-5-22(20)36-26/h2-13,25H,14H2,1H3. The predicted octanol–water partition coefficient (Wildman–Crippen LogP) is 6.77. The van der Waals surface area contributed by atoms with E-state index in [9.17, 15) is 18.4 Å². The minimum Gasteiger partial charge on any atom is -0.484 e. The highest BCUT2D eigenvalue weighted by Gasteiger charge is 2.23. The molecule has 0 unspecified atom stereocenters. The summed E-state index contributed by atoms with van der Waals surface area (Å²) >= 11 is 1.77. The summed E-state index contributed by atoms with van der Waals surface area (Å²) in [6, 6.07) is 20.2. The average molecular weight is 525 g/mol. The second-order valence-corrected chi connectivity index (χ2v) is 9.83. The summed E-state index contributed by atoms with van der Waals surface area (Å²) in [5.41, 5.74) is 1.88. The van der Waals surface area contributed by atoms with Gasteiger partial charge in [-0.3, -0.25) is 9.69 Å². The number of thiazole rings is 1. The Morgan fingerprint density at radius 3 is 2.64 bits per heavy atom. The highest BCUT2D eigenvalue weighted by Crippen LogP contribution is 2.35. The number of benzene rings is 3. The lowest BCUT2D eigenvalue weighted by Gasteiger charge is -2.20. The number of hydrogen-bond acceptors (Lipinski definition) is 7. The van der Waals surface area contributed by atoms with E-state index in [2.05, 4.69) is 4.98 Å². The second kappa shape index (κ2) is 10.1. The molecule has 3 aromatic carbocycles. The number of halogens is 2. The lowest BCUT2D eigenvalue weighted by atomic mass is 10.1. The number of thioether (sulfide) groups is 1. The van der Waals surface area contributed by atoms with Crippen LogP contribution in [0.15, 0.2) is 86.9 Å². The summed E-state index contributed by atoms with van der Waals surface area (Å²) in [4.78, 5) is 31.5. The molecule has 0 bridgehead atoms. The maximum Gasteiger partial charge on any atom is 0.336 e. The molecule has 0 saturated heterocycles. The van der Waals surface area contributed by atoms with E-state index >= 15 is 0 Å². The van der Waals surface area contributed by atoms with Crippen molar-refractivity contribution in [2.45, 2.75) is 17.6 Å². The summed E-state index contributed by atoms with van der Waals surface area (Å²) in [6.07, 6.45) is 0. The van der Waals surface area contributed by atoms with Gasteiger partial charge in [-0.15, -0.1) is 0 Å². The van der Waals surface area contributed by atoms with Crippen molar-refractivity contribution < 1.29 is 22.7 Å². The van der Waals surface area contributed by atoms with Crippen molar-refractivity contribution in [1.29, 1.82) is 0 Å². The van der Waals surface area contributed by atoms with Crippen LogP contribution in [0.5, 0.6) is 5.75 Å². The van der Waals surface area contributed by atoms with Gasteiger partial charge in [-0.25, -0.2) is 9.78 Å². The molecule has 6 nitrogen and oxygen atoms in total. The van der Waals surface area contributed by atoms with Crippen LogP contribution in [0.3, 0.4) is 0 Å². The van der Waals surface area contributed by atoms with Crippen molar-refractivity contribution in [1.82, 2.24) is 4.98 Å². The number of fused-ring (bicyclic) bond motifs is 2. The normalized spacial score (nSPS) is 11.3. The second-order valence-electron chi connectivity index (χ2n) is 7.76. The molecule has 2 heterocycles. The number of para-hydroxylation sites is 1. The van der Waals surface area contributed by atoms with Gasteiger partial charge in [0.2, 0.25) is 0 Å². The number of carbonyl (C=O) groups is 1. The number of nitrogens with zero attached hydrogens (tertiary/aromatic N) is 2. The number of amides is 1. The van der Waals surface area contributed by atoms with E-state index in [4.69, 9.17) is 9.15 Å². The van der Waals surface area contributed by atoms with Crippen molar-refractivity contribution in [3.8, 4) is 5.75 Å². The quantitative estimate of drug-likeness (QED) is 0.173. The summed E-state index contributed by atoms with van der Waals surface area (Å²) in [6.45, 7) is 1.48. The lowest BCUT2D eigenvalue weighted by molar-refractivity contribution is -0.119. The molecule has 0 aliphatic rings. The Kier molecular flexibility index (Phi) is 6.71. The largest absolute Gasteiger partial charge is 0.484 e. The number of aromatic nitrogens is 1. The summed E-state index contributed by atoms with van der Waals surface area (Å²) in [7, 11) is 0. The van der Waals surface area contributed by atoms with Crippen LogP contribution in [-0.2, 0) is 4.79 Å². The first-order valence-corrected chi connectivity index (χ1v) is 12.5. The number of rotatable bonds is 7. The maximum absolute atomic E-state index is 13.4. The Balaban J connectivity index is 1.44. The van der Waals surface area contributed by atoms with Crippen LogP contribution in [0.4, 0.5) is 19.6 Å². The van der Waals surface area contributed by atoms with Crippen LogP contribution in [-0.4, -0.2) is 23.3 Å². The smallest absolute Gasteiger partial charge is 0.336 e. The average Bonchev–Trinajstić information content (AvgIpc) is 3.27. The van der Waals surface area contributed by atoms with E-state index < -0.39 is 17.3 Å². The zero-order valence-electron chi connectivity index (χ0n) is 18.8. The molecule has 0 radical (unpaired) electrons. The monoisotopic (exact) mass is 524 g/mol. The fourth-order valence-electron chi connectivity index (χ4n) is 3.70. The van der Waals surface area contributed by atoms with Crippen molar-refractivity contribution >= 4 is 61.0 Å². The number of hydrogen-bond donors (Lipinski definition) is 0. The fraction of sp³-hybridized carbons (Fsp3) is 0.115. The van der Waals surface area contributed by atoms with E-state index in [1.807, 2.05) is 31.2 Å². The van der Waals surface area contributed by atoms with E-state index in [0.29, 0.717) is 38.8 Å². The summed E-state index contributed by atoms with van der Waals surface area (Å²) < 4.78 is 37.4. The van der Waals surface area contributed by atoms with E-state index in [1.165, 1.54) is 34.4 Å². The number of aryl methyl sites for hydroxylation is 1. The molecular weight excluding hydrogens is 506 g/mol. The Morgan fingerprint density at radius 2 is 1.89 bits per heavy atom. The molecule has 0 aliphatic carbocycles. The summed E-state index contributed by atoms with van der Waals surface area (Å²) in [5, 5.41) is 1.20. The van der Waals surface area contributed by atoms with Crippen LogP contribution < -0.4 is 15.3 Å². The highest BCUT2D eigenvalue weighted by atomic mass is 32.2. The zero-order valence-corrected chi connectivity index (χ0v) is 20.4. The van der Waals surface area contributed by atoms with E-state index in [-0.39, 0.29) is 6.61 Å². The van der Waals surface area contributed by atoms with Crippen LogP contribution in [0.25, 0.3) is 21.2 Å². The Labute approximate surface area is 212 Å². The molecular formula is C26H18F2N2O4S2. The van der Waals surface area contributed by atoms with Crippen LogP contribution in [0, 0.1) is 6.92 Å². The third-order valence-corrected chi connectivity index (χ3v) is 7.07. The third kappa shape index (κ3) is 5.09. The molecule has 10 heteroatoms. The SMILES string of the molecule is Cc1cc(=O)oc2cc(OCC(=O)N(c3ccc(SC(F)F)cc3)c3nc4ccccc4s3)ccc12. The third-order valence-electron chi connectivity index (χ3n) is 5.33. The van der Waals surface area contributed by atoms with Crippen molar-refractivity contribution in [3.05, 3.63) is 88.8 Å². The molecule has 0 N–H and O–H groups in total. The van der Waals surface area contributed by atoms with Crippen molar-refractivity contribution in [2.75, 3.05) is 11.5 Å². The van der Waals surface area contributed by atoms with Gasteiger partial charge in [0.25, 0.3) is 11.7 Å². The van der Waals surface area contributed by atoms with Crippen molar-refractivity contribution in [2.24, 2.45) is 0 Å². The first kappa shape index (κ1) is 24.0. The van der Waals surface area contributed by atoms with Gasteiger partial charge in [0.15, 0.2) is 11.7 Å². The molecule has 0 atom stereocenters. The van der Waals surface area contributed by atoms with Crippen molar-refractivity contribution in [3.63, 3.8) is 0 Å². The molecule has 36 heavy (non-hydrogen) atoms. The number of alkyl halides is 2. The van der Waals surface area contributed by atoms with E-state index in [1.54, 1.807) is 30.3 Å². The first-order valence-electron chi connectivity index (χ1n) is 10.8. The molecule has 5 aromatic rings. The molecule has 5 rings (SSSR count). The molecule has 0 spiro atoms. The van der Waals surface area contributed by atoms with Gasteiger partial charge in [0.1, 0.15) is 11.3 Å². The first-order chi connectivity index (χ1) is 17.4. The van der Waals surface area contributed by atoms with Gasteiger partial charge in [0, 0.05) is 22.4 Å². The molecule has 0 aliphatic heterocycles. The van der Waals surface area contributed by atoms with Gasteiger partial charge in [0.05, 0.1) is 15.9 Å². The Morgan fingerprint density at radius 1 is 1.11 bits per heavy atom. The Bertz CT molecular complexity index is 1580.